The molecule has 2 aromatic carbocycles. The van der Waals surface area contributed by atoms with E-state index in [-0.39, 0.29) is 11.9 Å². The van der Waals surface area contributed by atoms with Gasteiger partial charge in [-0.05, 0) is 44.5 Å². The first kappa shape index (κ1) is 17.1. The summed E-state index contributed by atoms with van der Waals surface area (Å²) < 4.78 is 11.4. The van der Waals surface area contributed by atoms with Crippen LogP contribution in [0.5, 0.6) is 5.75 Å². The van der Waals surface area contributed by atoms with E-state index in [1.54, 1.807) is 0 Å². The van der Waals surface area contributed by atoms with Gasteiger partial charge in [-0.2, -0.15) is 0 Å². The lowest BCUT2D eigenvalue weighted by Crippen LogP contribution is -2.26. The van der Waals surface area contributed by atoms with Crippen LogP contribution in [0, 0.1) is 6.92 Å². The number of benzene rings is 2. The molecule has 0 aliphatic rings. The molecule has 130 valence electrons. The maximum Gasteiger partial charge on any atom is 0.220 e. The molecule has 0 aliphatic heterocycles. The van der Waals surface area contributed by atoms with Crippen LogP contribution in [0.25, 0.3) is 11.0 Å². The van der Waals surface area contributed by atoms with Crippen LogP contribution in [-0.2, 0) is 4.79 Å². The van der Waals surface area contributed by atoms with Crippen LogP contribution in [0.3, 0.4) is 0 Å². The third-order valence-electron chi connectivity index (χ3n) is 4.09. The van der Waals surface area contributed by atoms with E-state index < -0.39 is 0 Å². The Bertz CT molecular complexity index is 803. The molecule has 3 rings (SSSR count). The standard InChI is InChI=1S/C21H23NO3/c1-15-9-11-18(12-10-15)24-13-5-8-21(23)22-16(2)20-14-17-6-3-4-7-19(17)25-20/h3-4,6-7,9-12,14,16H,5,8,13H2,1-2H3,(H,22,23). The lowest BCUT2D eigenvalue weighted by Gasteiger charge is -2.11. The third-order valence-corrected chi connectivity index (χ3v) is 4.09. The van der Waals surface area contributed by atoms with Crippen molar-refractivity contribution in [2.45, 2.75) is 32.7 Å². The first-order valence-electron chi connectivity index (χ1n) is 8.59. The van der Waals surface area contributed by atoms with Crippen molar-refractivity contribution >= 4 is 16.9 Å². The van der Waals surface area contributed by atoms with Crippen LogP contribution in [0.15, 0.2) is 59.0 Å². The smallest absolute Gasteiger partial charge is 0.220 e. The Hall–Kier alpha value is -2.75. The van der Waals surface area contributed by atoms with Crippen molar-refractivity contribution in [3.05, 3.63) is 65.9 Å². The summed E-state index contributed by atoms with van der Waals surface area (Å²) in [6.07, 6.45) is 1.10. The van der Waals surface area contributed by atoms with E-state index in [9.17, 15) is 4.79 Å². The number of fused-ring (bicyclic) bond motifs is 1. The molecule has 1 unspecified atom stereocenters. The molecule has 1 atom stereocenters. The van der Waals surface area contributed by atoms with Gasteiger partial charge in [0, 0.05) is 11.8 Å². The largest absolute Gasteiger partial charge is 0.494 e. The second-order valence-electron chi connectivity index (χ2n) is 6.24. The minimum absolute atomic E-state index is 0.000428. The molecule has 0 aliphatic carbocycles. The summed E-state index contributed by atoms with van der Waals surface area (Å²) in [6, 6.07) is 17.6. The molecule has 25 heavy (non-hydrogen) atoms. The van der Waals surface area contributed by atoms with Gasteiger partial charge in [-0.3, -0.25) is 4.79 Å². The van der Waals surface area contributed by atoms with Gasteiger partial charge in [0.25, 0.3) is 0 Å². The highest BCUT2D eigenvalue weighted by atomic mass is 16.5. The second-order valence-corrected chi connectivity index (χ2v) is 6.24. The Morgan fingerprint density at radius 1 is 1.16 bits per heavy atom. The zero-order chi connectivity index (χ0) is 17.6. The summed E-state index contributed by atoms with van der Waals surface area (Å²) in [7, 11) is 0. The number of carbonyl (C=O) groups excluding carboxylic acids is 1. The zero-order valence-electron chi connectivity index (χ0n) is 14.6. The fourth-order valence-electron chi connectivity index (χ4n) is 2.66. The quantitative estimate of drug-likeness (QED) is 0.631. The summed E-state index contributed by atoms with van der Waals surface area (Å²) in [5.74, 6) is 1.60. The SMILES string of the molecule is Cc1ccc(OCCCC(=O)NC(C)c2cc3ccccc3o2)cc1. The number of furan rings is 1. The average molecular weight is 337 g/mol. The van der Waals surface area contributed by atoms with E-state index in [2.05, 4.69) is 5.32 Å². The van der Waals surface area contributed by atoms with Gasteiger partial charge in [-0.25, -0.2) is 0 Å². The van der Waals surface area contributed by atoms with Gasteiger partial charge < -0.3 is 14.5 Å². The predicted molar refractivity (Wildman–Crippen MR) is 98.7 cm³/mol. The van der Waals surface area contributed by atoms with Crippen molar-refractivity contribution in [1.82, 2.24) is 5.32 Å². The van der Waals surface area contributed by atoms with Crippen LogP contribution in [-0.4, -0.2) is 12.5 Å². The van der Waals surface area contributed by atoms with Gasteiger partial charge in [-0.1, -0.05) is 35.9 Å². The van der Waals surface area contributed by atoms with Crippen molar-refractivity contribution in [1.29, 1.82) is 0 Å². The molecule has 0 bridgehead atoms. The second kappa shape index (κ2) is 7.88. The molecule has 0 saturated carbocycles. The highest BCUT2D eigenvalue weighted by Crippen LogP contribution is 2.23. The number of rotatable bonds is 7. The van der Waals surface area contributed by atoms with Crippen molar-refractivity contribution in [3.8, 4) is 5.75 Å². The van der Waals surface area contributed by atoms with E-state index in [1.807, 2.05) is 68.4 Å². The van der Waals surface area contributed by atoms with E-state index >= 15 is 0 Å². The van der Waals surface area contributed by atoms with Gasteiger partial charge in [0.1, 0.15) is 17.1 Å². The van der Waals surface area contributed by atoms with Gasteiger partial charge >= 0.3 is 0 Å². The number of ether oxygens (including phenoxy) is 1. The lowest BCUT2D eigenvalue weighted by molar-refractivity contribution is -0.122. The average Bonchev–Trinajstić information content (AvgIpc) is 3.04. The fourth-order valence-corrected chi connectivity index (χ4v) is 2.66. The first-order chi connectivity index (χ1) is 12.1. The Morgan fingerprint density at radius 3 is 2.68 bits per heavy atom. The van der Waals surface area contributed by atoms with Gasteiger partial charge in [-0.15, -0.1) is 0 Å². The predicted octanol–water partition coefficient (Wildman–Crippen LogP) is 4.78. The van der Waals surface area contributed by atoms with Crippen molar-refractivity contribution in [2.24, 2.45) is 0 Å². The molecule has 0 spiro atoms. The highest BCUT2D eigenvalue weighted by molar-refractivity contribution is 5.79. The zero-order valence-corrected chi connectivity index (χ0v) is 14.6. The van der Waals surface area contributed by atoms with E-state index in [4.69, 9.17) is 9.15 Å². The molecule has 0 radical (unpaired) electrons. The number of hydrogen-bond donors (Lipinski definition) is 1. The molecule has 0 fully saturated rings. The molecular weight excluding hydrogens is 314 g/mol. The number of hydrogen-bond acceptors (Lipinski definition) is 3. The van der Waals surface area contributed by atoms with E-state index in [0.29, 0.717) is 19.4 Å². The molecule has 1 N–H and O–H groups in total. The first-order valence-corrected chi connectivity index (χ1v) is 8.59. The topological polar surface area (TPSA) is 51.5 Å². The molecule has 0 saturated heterocycles. The molecule has 1 aromatic heterocycles. The van der Waals surface area contributed by atoms with Crippen LogP contribution in [0.2, 0.25) is 0 Å². The summed E-state index contributed by atoms with van der Waals surface area (Å²) in [4.78, 5) is 12.1. The molecule has 1 amide bonds. The Morgan fingerprint density at radius 2 is 1.92 bits per heavy atom. The van der Waals surface area contributed by atoms with E-state index in [1.165, 1.54) is 5.56 Å². The summed E-state index contributed by atoms with van der Waals surface area (Å²) >= 11 is 0. The fraction of sp³-hybridized carbons (Fsp3) is 0.286. The molecule has 4 heteroatoms. The van der Waals surface area contributed by atoms with Crippen LogP contribution < -0.4 is 10.1 Å². The summed E-state index contributed by atoms with van der Waals surface area (Å²) in [5.41, 5.74) is 2.04. The van der Waals surface area contributed by atoms with Crippen LogP contribution in [0.4, 0.5) is 0 Å². The minimum atomic E-state index is -0.155. The Kier molecular flexibility index (Phi) is 5.39. The van der Waals surface area contributed by atoms with Crippen molar-refractivity contribution in [3.63, 3.8) is 0 Å². The maximum atomic E-state index is 12.1. The van der Waals surface area contributed by atoms with Gasteiger partial charge in [0.15, 0.2) is 0 Å². The highest BCUT2D eigenvalue weighted by Gasteiger charge is 2.13. The van der Waals surface area contributed by atoms with Gasteiger partial charge in [0.2, 0.25) is 5.91 Å². The number of carbonyl (C=O) groups is 1. The van der Waals surface area contributed by atoms with Crippen molar-refractivity contribution in [2.75, 3.05) is 6.61 Å². The number of aryl methyl sites for hydroxylation is 1. The normalized spacial score (nSPS) is 12.1. The molecule has 3 aromatic rings. The summed E-state index contributed by atoms with van der Waals surface area (Å²) in [6.45, 7) is 4.49. The molecule has 4 nitrogen and oxygen atoms in total. The third kappa shape index (κ3) is 4.63. The Balaban J connectivity index is 1.43. The van der Waals surface area contributed by atoms with Crippen LogP contribution >= 0.6 is 0 Å². The maximum absolute atomic E-state index is 12.1. The number of nitrogens with one attached hydrogen (secondary N) is 1. The molecule has 1 heterocycles. The van der Waals surface area contributed by atoms with E-state index in [0.717, 1.165) is 22.5 Å². The van der Waals surface area contributed by atoms with Gasteiger partial charge in [0.05, 0.1) is 12.6 Å². The number of para-hydroxylation sites is 1. The van der Waals surface area contributed by atoms with Crippen molar-refractivity contribution < 1.29 is 13.9 Å². The Labute approximate surface area is 147 Å². The number of amides is 1. The minimum Gasteiger partial charge on any atom is -0.494 e. The molecular formula is C21H23NO3. The summed E-state index contributed by atoms with van der Waals surface area (Å²) in [5, 5.41) is 4.02. The monoisotopic (exact) mass is 337 g/mol. The van der Waals surface area contributed by atoms with Crippen LogP contribution in [0.1, 0.15) is 37.1 Å². The lowest BCUT2D eigenvalue weighted by atomic mass is 10.2.